The van der Waals surface area contributed by atoms with E-state index in [-0.39, 0.29) is 12.5 Å². The molecule has 19 heavy (non-hydrogen) atoms. The fraction of sp³-hybridized carbons (Fsp3) is 0.286. The quantitative estimate of drug-likeness (QED) is 0.785. The van der Waals surface area contributed by atoms with Gasteiger partial charge in [0.1, 0.15) is 18.1 Å². The molecular weight excluding hydrogens is 244 g/mol. The van der Waals surface area contributed by atoms with Crippen LogP contribution in [0.5, 0.6) is 5.75 Å². The lowest BCUT2D eigenvalue weighted by Gasteiger charge is -2.18. The molecule has 0 fully saturated rings. The zero-order chi connectivity index (χ0) is 13.8. The van der Waals surface area contributed by atoms with Crippen molar-refractivity contribution in [1.29, 1.82) is 0 Å². The number of fused-ring (bicyclic) bond motifs is 1. The Bertz CT molecular complexity index is 598. The molecule has 1 aromatic heterocycles. The van der Waals surface area contributed by atoms with E-state index in [0.717, 1.165) is 22.3 Å². The molecule has 2 aromatic rings. The summed E-state index contributed by atoms with van der Waals surface area (Å²) in [6.45, 7) is 0.161. The number of benzene rings is 1. The van der Waals surface area contributed by atoms with Crippen LogP contribution in [0.4, 0.5) is 5.82 Å². The number of carbonyl (C=O) groups excluding carboxylic acids is 1. The van der Waals surface area contributed by atoms with Crippen molar-refractivity contribution in [2.75, 3.05) is 32.7 Å². The maximum Gasteiger partial charge on any atom is 0.325 e. The van der Waals surface area contributed by atoms with E-state index in [1.54, 1.807) is 18.2 Å². The van der Waals surface area contributed by atoms with Gasteiger partial charge in [0.25, 0.3) is 0 Å². The molecule has 1 aromatic carbocycles. The van der Waals surface area contributed by atoms with E-state index in [1.165, 1.54) is 7.11 Å². The normalized spacial score (nSPS) is 10.3. The predicted octanol–water partition coefficient (Wildman–Crippen LogP) is 1.85. The van der Waals surface area contributed by atoms with Crippen molar-refractivity contribution < 1.29 is 14.3 Å². The fourth-order valence-corrected chi connectivity index (χ4v) is 1.90. The Labute approximate surface area is 111 Å². The van der Waals surface area contributed by atoms with Crippen LogP contribution < -0.4 is 9.64 Å². The Balaban J connectivity index is 2.40. The molecule has 0 aliphatic rings. The minimum Gasteiger partial charge on any atom is -0.497 e. The Morgan fingerprint density at radius 3 is 2.79 bits per heavy atom. The number of nitrogens with zero attached hydrogens (tertiary/aromatic N) is 2. The van der Waals surface area contributed by atoms with Gasteiger partial charge in [-0.1, -0.05) is 0 Å². The highest BCUT2D eigenvalue weighted by Crippen LogP contribution is 2.26. The number of rotatable bonds is 4. The number of hydrogen-bond donors (Lipinski definition) is 0. The van der Waals surface area contributed by atoms with Crippen LogP contribution >= 0.6 is 0 Å². The molecule has 0 aliphatic carbocycles. The number of anilines is 1. The third-order valence-electron chi connectivity index (χ3n) is 2.91. The Hall–Kier alpha value is -2.30. The van der Waals surface area contributed by atoms with Crippen LogP contribution in [0, 0.1) is 0 Å². The number of ether oxygens (including phenoxy) is 2. The van der Waals surface area contributed by atoms with Crippen LogP contribution in [0.15, 0.2) is 30.5 Å². The van der Waals surface area contributed by atoms with Crippen LogP contribution in [0.1, 0.15) is 0 Å². The summed E-state index contributed by atoms with van der Waals surface area (Å²) in [5.74, 6) is 1.24. The molecule has 2 rings (SSSR count). The summed E-state index contributed by atoms with van der Waals surface area (Å²) in [5.41, 5.74) is 0. The van der Waals surface area contributed by atoms with E-state index < -0.39 is 0 Å². The van der Waals surface area contributed by atoms with Gasteiger partial charge in [0.05, 0.1) is 14.2 Å². The number of aromatic nitrogens is 1. The number of hydrogen-bond acceptors (Lipinski definition) is 5. The molecule has 0 saturated carbocycles. The predicted molar refractivity (Wildman–Crippen MR) is 73.6 cm³/mol. The first-order chi connectivity index (χ1) is 9.15. The van der Waals surface area contributed by atoms with Crippen molar-refractivity contribution in [3.05, 3.63) is 30.5 Å². The van der Waals surface area contributed by atoms with Crippen LogP contribution in [0.25, 0.3) is 10.8 Å². The van der Waals surface area contributed by atoms with E-state index in [1.807, 2.05) is 31.3 Å². The smallest absolute Gasteiger partial charge is 0.325 e. The van der Waals surface area contributed by atoms with Gasteiger partial charge in [-0.2, -0.15) is 0 Å². The van der Waals surface area contributed by atoms with Gasteiger partial charge < -0.3 is 14.4 Å². The number of likely N-dealkylation sites (N-methyl/N-ethyl adjacent to an activating group) is 1. The molecule has 100 valence electrons. The van der Waals surface area contributed by atoms with Gasteiger partial charge in [-0.3, -0.25) is 4.79 Å². The van der Waals surface area contributed by atoms with Gasteiger partial charge in [-0.25, -0.2) is 4.98 Å². The van der Waals surface area contributed by atoms with Gasteiger partial charge in [-0.05, 0) is 29.7 Å². The summed E-state index contributed by atoms with van der Waals surface area (Å²) in [6.07, 6.45) is 1.71. The number of carbonyl (C=O) groups is 1. The lowest BCUT2D eigenvalue weighted by atomic mass is 10.1. The lowest BCUT2D eigenvalue weighted by Crippen LogP contribution is -2.27. The standard InChI is InChI=1S/C14H16N2O3/c1-16(9-13(17)19-3)14-12-5-4-11(18-2)8-10(12)6-7-15-14/h4-8H,9H2,1-3H3. The molecule has 0 aliphatic heterocycles. The maximum absolute atomic E-state index is 11.3. The summed E-state index contributed by atoms with van der Waals surface area (Å²) in [4.78, 5) is 17.4. The van der Waals surface area contributed by atoms with Crippen LogP contribution in [0.2, 0.25) is 0 Å². The van der Waals surface area contributed by atoms with Gasteiger partial charge in [0, 0.05) is 18.6 Å². The molecule has 0 bridgehead atoms. The van der Waals surface area contributed by atoms with Crippen molar-refractivity contribution >= 4 is 22.6 Å². The molecule has 0 spiro atoms. The highest BCUT2D eigenvalue weighted by molar-refractivity contribution is 5.94. The van der Waals surface area contributed by atoms with E-state index in [2.05, 4.69) is 9.72 Å². The maximum atomic E-state index is 11.3. The van der Waals surface area contributed by atoms with Gasteiger partial charge in [0.2, 0.25) is 0 Å². The molecule has 1 heterocycles. The highest BCUT2D eigenvalue weighted by atomic mass is 16.5. The van der Waals surface area contributed by atoms with Crippen molar-refractivity contribution in [3.8, 4) is 5.75 Å². The van der Waals surface area contributed by atoms with Crippen molar-refractivity contribution in [2.45, 2.75) is 0 Å². The summed E-state index contributed by atoms with van der Waals surface area (Å²) in [5, 5.41) is 1.98. The molecule has 5 heteroatoms. The van der Waals surface area contributed by atoms with E-state index in [0.29, 0.717) is 0 Å². The number of esters is 1. The molecule has 0 saturated heterocycles. The first kappa shape index (κ1) is 13.1. The summed E-state index contributed by atoms with van der Waals surface area (Å²) in [6, 6.07) is 7.66. The fourth-order valence-electron chi connectivity index (χ4n) is 1.90. The monoisotopic (exact) mass is 260 g/mol. The third kappa shape index (κ3) is 2.76. The van der Waals surface area contributed by atoms with E-state index in [9.17, 15) is 4.79 Å². The molecule has 0 amide bonds. The largest absolute Gasteiger partial charge is 0.497 e. The summed E-state index contributed by atoms with van der Waals surface area (Å²) < 4.78 is 9.86. The average Bonchev–Trinajstić information content (AvgIpc) is 2.45. The first-order valence-corrected chi connectivity index (χ1v) is 5.86. The topological polar surface area (TPSA) is 51.7 Å². The summed E-state index contributed by atoms with van der Waals surface area (Å²) >= 11 is 0. The van der Waals surface area contributed by atoms with Crippen molar-refractivity contribution in [2.24, 2.45) is 0 Å². The molecule has 5 nitrogen and oxygen atoms in total. The first-order valence-electron chi connectivity index (χ1n) is 5.86. The number of pyridine rings is 1. The van der Waals surface area contributed by atoms with E-state index >= 15 is 0 Å². The van der Waals surface area contributed by atoms with Crippen molar-refractivity contribution in [3.63, 3.8) is 0 Å². The lowest BCUT2D eigenvalue weighted by molar-refractivity contribution is -0.138. The number of methoxy groups -OCH3 is 2. The van der Waals surface area contributed by atoms with E-state index in [4.69, 9.17) is 4.74 Å². The average molecular weight is 260 g/mol. The van der Waals surface area contributed by atoms with Gasteiger partial charge in [-0.15, -0.1) is 0 Å². The second-order valence-electron chi connectivity index (χ2n) is 4.15. The zero-order valence-corrected chi connectivity index (χ0v) is 11.2. The molecule has 0 N–H and O–H groups in total. The van der Waals surface area contributed by atoms with Crippen LogP contribution in [-0.2, 0) is 9.53 Å². The third-order valence-corrected chi connectivity index (χ3v) is 2.91. The second-order valence-corrected chi connectivity index (χ2v) is 4.15. The van der Waals surface area contributed by atoms with Crippen LogP contribution in [0.3, 0.4) is 0 Å². The minimum absolute atomic E-state index is 0.161. The van der Waals surface area contributed by atoms with Gasteiger partial charge in [0.15, 0.2) is 0 Å². The zero-order valence-electron chi connectivity index (χ0n) is 11.2. The molecular formula is C14H16N2O3. The SMILES string of the molecule is COC(=O)CN(C)c1nccc2cc(OC)ccc12. The molecule has 0 radical (unpaired) electrons. The van der Waals surface area contributed by atoms with Crippen LogP contribution in [-0.4, -0.2) is 38.8 Å². The Kier molecular flexibility index (Phi) is 3.85. The van der Waals surface area contributed by atoms with Gasteiger partial charge >= 0.3 is 5.97 Å². The Morgan fingerprint density at radius 1 is 1.32 bits per heavy atom. The molecule has 0 atom stereocenters. The highest BCUT2D eigenvalue weighted by Gasteiger charge is 2.11. The van der Waals surface area contributed by atoms with Crippen molar-refractivity contribution in [1.82, 2.24) is 4.98 Å². The second kappa shape index (κ2) is 5.56. The molecule has 0 unspecified atom stereocenters. The Morgan fingerprint density at radius 2 is 2.11 bits per heavy atom. The minimum atomic E-state index is -0.296. The summed E-state index contributed by atoms with van der Waals surface area (Å²) in [7, 11) is 4.81.